The van der Waals surface area contributed by atoms with E-state index in [1.54, 1.807) is 6.07 Å². The van der Waals surface area contributed by atoms with Crippen LogP contribution in [0.25, 0.3) is 0 Å². The van der Waals surface area contributed by atoms with E-state index in [1.807, 2.05) is 0 Å². The maximum Gasteiger partial charge on any atom is 0.257 e. The highest BCUT2D eigenvalue weighted by Crippen LogP contribution is 2.13. The van der Waals surface area contributed by atoms with Crippen LogP contribution in [0.4, 0.5) is 0 Å². The largest absolute Gasteiger partial charge is 0.474 e. The Labute approximate surface area is 68.8 Å². The summed E-state index contributed by atoms with van der Waals surface area (Å²) in [4.78, 5) is 11.2. The SMILES string of the molecule is O=C1NCCOc2nnccc21. The first-order chi connectivity index (χ1) is 5.88. The number of rotatable bonds is 0. The molecule has 0 unspecified atom stereocenters. The minimum atomic E-state index is -0.155. The van der Waals surface area contributed by atoms with Gasteiger partial charge in [-0.2, -0.15) is 5.10 Å². The normalized spacial score (nSPS) is 15.5. The molecule has 62 valence electrons. The van der Waals surface area contributed by atoms with Crippen LogP contribution < -0.4 is 10.1 Å². The lowest BCUT2D eigenvalue weighted by Gasteiger charge is -1.99. The number of nitrogens with one attached hydrogen (secondary N) is 1. The first-order valence-electron chi connectivity index (χ1n) is 3.60. The van der Waals surface area contributed by atoms with E-state index >= 15 is 0 Å². The van der Waals surface area contributed by atoms with Crippen molar-refractivity contribution in [1.29, 1.82) is 0 Å². The molecule has 0 bridgehead atoms. The lowest BCUT2D eigenvalue weighted by Crippen LogP contribution is -2.24. The molecular weight excluding hydrogens is 158 g/mol. The fourth-order valence-electron chi connectivity index (χ4n) is 1.01. The third-order valence-corrected chi connectivity index (χ3v) is 1.56. The van der Waals surface area contributed by atoms with Gasteiger partial charge in [0.05, 0.1) is 12.7 Å². The Morgan fingerprint density at radius 2 is 2.50 bits per heavy atom. The zero-order valence-electron chi connectivity index (χ0n) is 6.28. The van der Waals surface area contributed by atoms with Crippen LogP contribution in [0, 0.1) is 0 Å². The third-order valence-electron chi connectivity index (χ3n) is 1.56. The Bertz CT molecular complexity index is 313. The molecule has 1 amide bonds. The van der Waals surface area contributed by atoms with E-state index in [2.05, 4.69) is 15.5 Å². The summed E-state index contributed by atoms with van der Waals surface area (Å²) < 4.78 is 5.16. The van der Waals surface area contributed by atoms with Crippen LogP contribution in [-0.2, 0) is 0 Å². The number of hydrogen-bond acceptors (Lipinski definition) is 4. The van der Waals surface area contributed by atoms with E-state index in [9.17, 15) is 4.79 Å². The van der Waals surface area contributed by atoms with Gasteiger partial charge in [-0.3, -0.25) is 4.79 Å². The Morgan fingerprint density at radius 1 is 1.58 bits per heavy atom. The van der Waals surface area contributed by atoms with E-state index in [0.29, 0.717) is 24.6 Å². The highest BCUT2D eigenvalue weighted by Gasteiger charge is 2.16. The van der Waals surface area contributed by atoms with Gasteiger partial charge in [0.15, 0.2) is 0 Å². The highest BCUT2D eigenvalue weighted by atomic mass is 16.5. The molecule has 5 heteroatoms. The molecule has 1 N–H and O–H groups in total. The molecule has 1 aliphatic heterocycles. The molecule has 1 aliphatic rings. The number of nitrogens with zero attached hydrogens (tertiary/aromatic N) is 2. The predicted octanol–water partition coefficient (Wildman–Crippen LogP) is -0.401. The van der Waals surface area contributed by atoms with Crippen LogP contribution in [0.1, 0.15) is 10.4 Å². The number of carbonyl (C=O) groups excluding carboxylic acids is 1. The van der Waals surface area contributed by atoms with Gasteiger partial charge in [-0.05, 0) is 6.07 Å². The lowest BCUT2D eigenvalue weighted by molar-refractivity contribution is 0.0957. The number of hydrogen-bond donors (Lipinski definition) is 1. The fourth-order valence-corrected chi connectivity index (χ4v) is 1.01. The van der Waals surface area contributed by atoms with Crippen molar-refractivity contribution < 1.29 is 9.53 Å². The molecule has 0 saturated heterocycles. The molecule has 2 rings (SSSR count). The zero-order valence-corrected chi connectivity index (χ0v) is 6.28. The summed E-state index contributed by atoms with van der Waals surface area (Å²) >= 11 is 0. The molecule has 0 atom stereocenters. The van der Waals surface area contributed by atoms with Gasteiger partial charge in [0.25, 0.3) is 5.91 Å². The number of fused-ring (bicyclic) bond motifs is 1. The number of carbonyl (C=O) groups is 1. The van der Waals surface area contributed by atoms with Crippen LogP contribution in [0.2, 0.25) is 0 Å². The first kappa shape index (κ1) is 7.02. The Hall–Kier alpha value is -1.65. The zero-order chi connectivity index (χ0) is 8.39. The summed E-state index contributed by atoms with van der Waals surface area (Å²) in [5, 5.41) is 9.98. The van der Waals surface area contributed by atoms with E-state index in [-0.39, 0.29) is 5.91 Å². The van der Waals surface area contributed by atoms with Gasteiger partial charge in [0.1, 0.15) is 12.2 Å². The van der Waals surface area contributed by atoms with Gasteiger partial charge in [-0.15, -0.1) is 5.10 Å². The standard InChI is InChI=1S/C7H7N3O2/c11-6-5-1-2-9-10-7(5)12-4-3-8-6/h1-2H,3-4H2,(H,8,11). The molecule has 1 aromatic rings. The fraction of sp³-hybridized carbons (Fsp3) is 0.286. The van der Waals surface area contributed by atoms with Crippen molar-refractivity contribution in [2.45, 2.75) is 0 Å². The maximum atomic E-state index is 11.2. The smallest absolute Gasteiger partial charge is 0.257 e. The molecule has 0 saturated carbocycles. The molecule has 0 aromatic carbocycles. The molecular formula is C7H7N3O2. The molecule has 0 aliphatic carbocycles. The van der Waals surface area contributed by atoms with Crippen molar-refractivity contribution in [3.05, 3.63) is 17.8 Å². The topological polar surface area (TPSA) is 64.1 Å². The van der Waals surface area contributed by atoms with Gasteiger partial charge in [-0.1, -0.05) is 0 Å². The van der Waals surface area contributed by atoms with Crippen molar-refractivity contribution in [3.8, 4) is 5.88 Å². The van der Waals surface area contributed by atoms with E-state index < -0.39 is 0 Å². The molecule has 0 fully saturated rings. The second kappa shape index (κ2) is 2.77. The maximum absolute atomic E-state index is 11.2. The van der Waals surface area contributed by atoms with Crippen LogP contribution in [0.5, 0.6) is 5.88 Å². The van der Waals surface area contributed by atoms with Crippen molar-refractivity contribution in [2.24, 2.45) is 0 Å². The predicted molar refractivity (Wildman–Crippen MR) is 39.9 cm³/mol. The summed E-state index contributed by atoms with van der Waals surface area (Å²) in [5.74, 6) is 0.157. The minimum Gasteiger partial charge on any atom is -0.474 e. The second-order valence-electron chi connectivity index (χ2n) is 2.35. The van der Waals surface area contributed by atoms with Crippen molar-refractivity contribution in [1.82, 2.24) is 15.5 Å². The average Bonchev–Trinajstić information content (AvgIpc) is 2.29. The van der Waals surface area contributed by atoms with E-state index in [4.69, 9.17) is 4.74 Å². The van der Waals surface area contributed by atoms with Crippen molar-refractivity contribution in [3.63, 3.8) is 0 Å². The van der Waals surface area contributed by atoms with Gasteiger partial charge in [0.2, 0.25) is 5.88 Å². The van der Waals surface area contributed by atoms with Crippen LogP contribution >= 0.6 is 0 Å². The molecule has 0 spiro atoms. The summed E-state index contributed by atoms with van der Waals surface area (Å²) in [6, 6.07) is 1.59. The second-order valence-corrected chi connectivity index (χ2v) is 2.35. The number of ether oxygens (including phenoxy) is 1. The molecule has 1 aromatic heterocycles. The van der Waals surface area contributed by atoms with Crippen LogP contribution in [-0.4, -0.2) is 29.3 Å². The minimum absolute atomic E-state index is 0.155. The Balaban J connectivity index is 2.46. The molecule has 0 radical (unpaired) electrons. The molecule has 5 nitrogen and oxygen atoms in total. The van der Waals surface area contributed by atoms with Crippen molar-refractivity contribution in [2.75, 3.05) is 13.2 Å². The average molecular weight is 165 g/mol. The Morgan fingerprint density at radius 3 is 3.42 bits per heavy atom. The van der Waals surface area contributed by atoms with Crippen LogP contribution in [0.3, 0.4) is 0 Å². The summed E-state index contributed by atoms with van der Waals surface area (Å²) in [6.07, 6.45) is 1.47. The lowest BCUT2D eigenvalue weighted by atomic mass is 10.3. The first-order valence-corrected chi connectivity index (χ1v) is 3.60. The molecule has 2 heterocycles. The summed E-state index contributed by atoms with van der Waals surface area (Å²) in [5.41, 5.74) is 0.447. The number of amides is 1. The van der Waals surface area contributed by atoms with Crippen LogP contribution in [0.15, 0.2) is 12.3 Å². The third kappa shape index (κ3) is 1.09. The van der Waals surface area contributed by atoms with Gasteiger partial charge < -0.3 is 10.1 Å². The Kier molecular flexibility index (Phi) is 1.62. The molecule has 12 heavy (non-hydrogen) atoms. The van der Waals surface area contributed by atoms with E-state index in [0.717, 1.165) is 0 Å². The van der Waals surface area contributed by atoms with Gasteiger partial charge in [-0.25, -0.2) is 0 Å². The quantitative estimate of drug-likeness (QED) is 0.568. The summed E-state index contributed by atoms with van der Waals surface area (Å²) in [7, 11) is 0. The summed E-state index contributed by atoms with van der Waals surface area (Å²) in [6.45, 7) is 0.951. The van der Waals surface area contributed by atoms with Gasteiger partial charge in [0, 0.05) is 0 Å². The van der Waals surface area contributed by atoms with E-state index in [1.165, 1.54) is 6.20 Å². The highest BCUT2D eigenvalue weighted by molar-refractivity contribution is 5.96. The monoisotopic (exact) mass is 165 g/mol. The van der Waals surface area contributed by atoms with Crippen molar-refractivity contribution >= 4 is 5.91 Å². The number of aromatic nitrogens is 2. The van der Waals surface area contributed by atoms with Gasteiger partial charge >= 0.3 is 0 Å².